The Bertz CT molecular complexity index is 746. The van der Waals surface area contributed by atoms with Gasteiger partial charge in [0.2, 0.25) is 15.9 Å². The summed E-state index contributed by atoms with van der Waals surface area (Å²) in [5.41, 5.74) is 2.65. The molecule has 1 N–H and O–H groups in total. The summed E-state index contributed by atoms with van der Waals surface area (Å²) in [6.45, 7) is 12.1. The zero-order valence-electron chi connectivity index (χ0n) is 17.2. The van der Waals surface area contributed by atoms with Crippen molar-refractivity contribution < 1.29 is 13.2 Å². The van der Waals surface area contributed by atoms with E-state index in [0.717, 1.165) is 29.5 Å². The van der Waals surface area contributed by atoms with E-state index in [0.29, 0.717) is 37.6 Å². The predicted molar refractivity (Wildman–Crippen MR) is 108 cm³/mol. The second-order valence-electron chi connectivity index (χ2n) is 7.67. The van der Waals surface area contributed by atoms with E-state index < -0.39 is 10.0 Å². The van der Waals surface area contributed by atoms with Crippen molar-refractivity contribution in [3.05, 3.63) is 28.8 Å². The van der Waals surface area contributed by atoms with E-state index in [9.17, 15) is 13.2 Å². The zero-order valence-corrected chi connectivity index (χ0v) is 18.0. The maximum Gasteiger partial charge on any atom is 0.243 e. The minimum Gasteiger partial charge on any atom is -0.353 e. The van der Waals surface area contributed by atoms with Crippen molar-refractivity contribution in [3.8, 4) is 0 Å². The third-order valence-corrected chi connectivity index (χ3v) is 7.23. The Morgan fingerprint density at radius 3 is 2.19 bits per heavy atom. The van der Waals surface area contributed by atoms with Gasteiger partial charge in [0, 0.05) is 32.2 Å². The molecule has 0 radical (unpaired) electrons. The molecule has 27 heavy (non-hydrogen) atoms. The van der Waals surface area contributed by atoms with Crippen LogP contribution in [0.15, 0.2) is 17.0 Å². The third-order valence-electron chi connectivity index (χ3n) is 5.03. The SMILES string of the molecule is CCCC(C)NC(=O)CN1CCN(S(=O)(=O)c2c(C)cc(C)cc2C)CC1. The van der Waals surface area contributed by atoms with E-state index in [-0.39, 0.29) is 11.9 Å². The van der Waals surface area contributed by atoms with E-state index in [1.54, 1.807) is 4.31 Å². The predicted octanol–water partition coefficient (Wildman–Crippen LogP) is 2.22. The van der Waals surface area contributed by atoms with Gasteiger partial charge in [0.05, 0.1) is 11.4 Å². The van der Waals surface area contributed by atoms with Gasteiger partial charge in [-0.1, -0.05) is 31.0 Å². The first-order chi connectivity index (χ1) is 12.6. The van der Waals surface area contributed by atoms with E-state index in [1.807, 2.05) is 44.7 Å². The first kappa shape index (κ1) is 21.9. The lowest BCUT2D eigenvalue weighted by molar-refractivity contribution is -0.123. The van der Waals surface area contributed by atoms with Gasteiger partial charge in [-0.2, -0.15) is 4.31 Å². The summed E-state index contributed by atoms with van der Waals surface area (Å²) in [6.07, 6.45) is 2.00. The lowest BCUT2D eigenvalue weighted by atomic mass is 10.1. The quantitative estimate of drug-likeness (QED) is 0.769. The third kappa shape index (κ3) is 5.53. The fourth-order valence-corrected chi connectivity index (χ4v) is 5.69. The maximum atomic E-state index is 13.1. The molecule has 2 rings (SSSR count). The smallest absolute Gasteiger partial charge is 0.243 e. The molecule has 1 heterocycles. The molecule has 1 aromatic rings. The molecule has 152 valence electrons. The van der Waals surface area contributed by atoms with Crippen molar-refractivity contribution in [3.63, 3.8) is 0 Å². The molecule has 1 aliphatic rings. The van der Waals surface area contributed by atoms with Gasteiger partial charge >= 0.3 is 0 Å². The fraction of sp³-hybridized carbons (Fsp3) is 0.650. The van der Waals surface area contributed by atoms with Crippen LogP contribution in [0, 0.1) is 20.8 Å². The Hall–Kier alpha value is -1.44. The average molecular weight is 396 g/mol. The molecule has 0 aromatic heterocycles. The average Bonchev–Trinajstić information content (AvgIpc) is 2.54. The molecule has 0 aliphatic carbocycles. The number of carbonyl (C=O) groups excluding carboxylic acids is 1. The van der Waals surface area contributed by atoms with Crippen molar-refractivity contribution in [2.45, 2.75) is 58.4 Å². The summed E-state index contributed by atoms with van der Waals surface area (Å²) in [7, 11) is -3.51. The van der Waals surface area contributed by atoms with Crippen LogP contribution in [0.1, 0.15) is 43.4 Å². The minimum absolute atomic E-state index is 0.0116. The second kappa shape index (κ2) is 9.17. The Morgan fingerprint density at radius 1 is 1.11 bits per heavy atom. The molecule has 1 atom stereocenters. The van der Waals surface area contributed by atoms with Gasteiger partial charge in [0.1, 0.15) is 0 Å². The van der Waals surface area contributed by atoms with Gasteiger partial charge in [-0.3, -0.25) is 9.69 Å². The zero-order chi connectivity index (χ0) is 20.2. The van der Waals surface area contributed by atoms with Gasteiger partial charge in [0.25, 0.3) is 0 Å². The Balaban J connectivity index is 1.98. The molecule has 1 amide bonds. The van der Waals surface area contributed by atoms with Crippen molar-refractivity contribution in [1.29, 1.82) is 0 Å². The van der Waals surface area contributed by atoms with Crippen molar-refractivity contribution >= 4 is 15.9 Å². The van der Waals surface area contributed by atoms with Crippen LogP contribution < -0.4 is 5.32 Å². The first-order valence-corrected chi connectivity index (χ1v) is 11.2. The summed E-state index contributed by atoms with van der Waals surface area (Å²) in [5.74, 6) is 0.0116. The molecule has 1 aliphatic heterocycles. The minimum atomic E-state index is -3.51. The highest BCUT2D eigenvalue weighted by molar-refractivity contribution is 7.89. The number of nitrogens with zero attached hydrogens (tertiary/aromatic N) is 2. The number of hydrogen-bond acceptors (Lipinski definition) is 4. The lowest BCUT2D eigenvalue weighted by Gasteiger charge is -2.34. The molecule has 0 bridgehead atoms. The molecule has 7 heteroatoms. The number of hydrogen-bond donors (Lipinski definition) is 1. The number of carbonyl (C=O) groups is 1. The molecule has 1 aromatic carbocycles. The molecule has 1 fully saturated rings. The Labute approximate surface area is 164 Å². The Morgan fingerprint density at radius 2 is 1.67 bits per heavy atom. The lowest BCUT2D eigenvalue weighted by Crippen LogP contribution is -2.51. The van der Waals surface area contributed by atoms with Crippen LogP contribution in [0.25, 0.3) is 0 Å². The van der Waals surface area contributed by atoms with Crippen molar-refractivity contribution in [2.24, 2.45) is 0 Å². The van der Waals surface area contributed by atoms with Gasteiger partial charge in [-0.05, 0) is 45.2 Å². The molecule has 0 saturated carbocycles. The molecule has 0 spiro atoms. The van der Waals surface area contributed by atoms with Crippen LogP contribution in [-0.2, 0) is 14.8 Å². The fourth-order valence-electron chi connectivity index (χ4n) is 3.86. The topological polar surface area (TPSA) is 69.7 Å². The summed E-state index contributed by atoms with van der Waals surface area (Å²) >= 11 is 0. The van der Waals surface area contributed by atoms with E-state index in [1.165, 1.54) is 0 Å². The van der Waals surface area contributed by atoms with Crippen LogP contribution in [-0.4, -0.2) is 62.3 Å². The van der Waals surface area contributed by atoms with Crippen LogP contribution in [0.4, 0.5) is 0 Å². The van der Waals surface area contributed by atoms with E-state index in [2.05, 4.69) is 12.2 Å². The molecular weight excluding hydrogens is 362 g/mol. The number of piperazine rings is 1. The highest BCUT2D eigenvalue weighted by Crippen LogP contribution is 2.26. The second-order valence-corrected chi connectivity index (χ2v) is 9.54. The highest BCUT2D eigenvalue weighted by atomic mass is 32.2. The van der Waals surface area contributed by atoms with Gasteiger partial charge in [-0.15, -0.1) is 0 Å². The van der Waals surface area contributed by atoms with E-state index in [4.69, 9.17) is 0 Å². The Kier molecular flexibility index (Phi) is 7.42. The molecular formula is C20H33N3O3S. The number of nitrogens with one attached hydrogen (secondary N) is 1. The van der Waals surface area contributed by atoms with E-state index >= 15 is 0 Å². The number of amides is 1. The van der Waals surface area contributed by atoms with Gasteiger partial charge in [-0.25, -0.2) is 8.42 Å². The van der Waals surface area contributed by atoms with Crippen molar-refractivity contribution in [1.82, 2.24) is 14.5 Å². The normalized spacial score (nSPS) is 17.7. The van der Waals surface area contributed by atoms with Crippen LogP contribution >= 0.6 is 0 Å². The molecule has 6 nitrogen and oxygen atoms in total. The highest BCUT2D eigenvalue weighted by Gasteiger charge is 2.31. The van der Waals surface area contributed by atoms with Gasteiger partial charge in [0.15, 0.2) is 0 Å². The standard InChI is InChI=1S/C20H33N3O3S/c1-6-7-18(5)21-19(24)14-22-8-10-23(11-9-22)27(25,26)20-16(3)12-15(2)13-17(20)4/h12-13,18H,6-11,14H2,1-5H3,(H,21,24). The maximum absolute atomic E-state index is 13.1. The van der Waals surface area contributed by atoms with Gasteiger partial charge < -0.3 is 5.32 Å². The summed E-state index contributed by atoms with van der Waals surface area (Å²) in [6, 6.07) is 4.01. The number of sulfonamides is 1. The summed E-state index contributed by atoms with van der Waals surface area (Å²) in [5, 5.41) is 3.00. The van der Waals surface area contributed by atoms with Crippen LogP contribution in [0.5, 0.6) is 0 Å². The van der Waals surface area contributed by atoms with Crippen LogP contribution in [0.2, 0.25) is 0 Å². The van der Waals surface area contributed by atoms with Crippen LogP contribution in [0.3, 0.4) is 0 Å². The number of benzene rings is 1. The number of aryl methyl sites for hydroxylation is 3. The molecule has 1 saturated heterocycles. The largest absolute Gasteiger partial charge is 0.353 e. The monoisotopic (exact) mass is 395 g/mol. The molecule has 1 unspecified atom stereocenters. The summed E-state index contributed by atoms with van der Waals surface area (Å²) < 4.78 is 27.8. The van der Waals surface area contributed by atoms with Crippen molar-refractivity contribution in [2.75, 3.05) is 32.7 Å². The summed E-state index contributed by atoms with van der Waals surface area (Å²) in [4.78, 5) is 14.6. The first-order valence-electron chi connectivity index (χ1n) is 9.74. The number of rotatable bonds is 7.